The summed E-state index contributed by atoms with van der Waals surface area (Å²) in [7, 11) is 0. The summed E-state index contributed by atoms with van der Waals surface area (Å²) in [5.41, 5.74) is 8.68. The molecule has 0 radical (unpaired) electrons. The third kappa shape index (κ3) is 3.92. The van der Waals surface area contributed by atoms with Gasteiger partial charge in [0.05, 0.1) is 12.7 Å². The quantitative estimate of drug-likeness (QED) is 0.441. The number of hydrogen-bond acceptors (Lipinski definition) is 4. The molecule has 18 heavy (non-hydrogen) atoms. The highest BCUT2D eigenvalue weighted by atomic mass is 16.5. The summed E-state index contributed by atoms with van der Waals surface area (Å²) in [5.74, 6) is 0.551. The van der Waals surface area contributed by atoms with Crippen molar-refractivity contribution in [1.82, 2.24) is 0 Å². The van der Waals surface area contributed by atoms with E-state index in [1.54, 1.807) is 24.3 Å². The molecule has 1 aromatic rings. The molecule has 0 aromatic heterocycles. The molecule has 2 N–H and O–H groups in total. The Balaban J connectivity index is 2.75. The van der Waals surface area contributed by atoms with Crippen molar-refractivity contribution < 1.29 is 14.9 Å². The molecule has 0 aliphatic rings. The van der Waals surface area contributed by atoms with E-state index in [0.717, 1.165) is 0 Å². The average molecular weight is 251 g/mol. The largest absolute Gasteiger partial charge is 0.493 e. The van der Waals surface area contributed by atoms with Crippen LogP contribution < -0.4 is 4.74 Å². The minimum atomic E-state index is -1.05. The summed E-state index contributed by atoms with van der Waals surface area (Å²) in [6.07, 6.45) is -1.84. The zero-order valence-corrected chi connectivity index (χ0v) is 10.2. The van der Waals surface area contributed by atoms with Gasteiger partial charge in [-0.3, -0.25) is 0 Å². The Morgan fingerprint density at radius 1 is 1.39 bits per heavy atom. The number of aliphatic hydroxyl groups excluding tert-OH is 2. The fourth-order valence-electron chi connectivity index (χ4n) is 1.61. The highest BCUT2D eigenvalue weighted by molar-refractivity contribution is 5.35. The van der Waals surface area contributed by atoms with Gasteiger partial charge in [0.15, 0.2) is 0 Å². The van der Waals surface area contributed by atoms with Gasteiger partial charge in [0, 0.05) is 17.0 Å². The van der Waals surface area contributed by atoms with Gasteiger partial charge in [0.2, 0.25) is 0 Å². The Labute approximate surface area is 105 Å². The van der Waals surface area contributed by atoms with E-state index in [9.17, 15) is 10.2 Å². The molecule has 0 saturated heterocycles. The molecule has 6 heteroatoms. The first-order valence-corrected chi connectivity index (χ1v) is 5.79. The first-order chi connectivity index (χ1) is 8.70. The zero-order chi connectivity index (χ0) is 13.4. The highest BCUT2D eigenvalue weighted by Crippen LogP contribution is 2.28. The van der Waals surface area contributed by atoms with Gasteiger partial charge in [-0.15, -0.1) is 0 Å². The minimum Gasteiger partial charge on any atom is -0.493 e. The SMILES string of the molecule is CCOc1ccccc1C(O)C(O)CCN=[N+]=[N-]. The van der Waals surface area contributed by atoms with Crippen molar-refractivity contribution in [3.8, 4) is 5.75 Å². The van der Waals surface area contributed by atoms with Crippen LogP contribution in [0, 0.1) is 0 Å². The molecule has 98 valence electrons. The standard InChI is InChI=1S/C12H17N3O3/c1-2-18-11-6-4-3-5-9(11)12(17)10(16)7-8-14-15-13/h3-6,10,12,16-17H,2,7-8H2,1H3. The monoisotopic (exact) mass is 251 g/mol. The summed E-state index contributed by atoms with van der Waals surface area (Å²) in [6, 6.07) is 7.00. The fraction of sp³-hybridized carbons (Fsp3) is 0.500. The second-order valence-corrected chi connectivity index (χ2v) is 3.73. The van der Waals surface area contributed by atoms with Crippen LogP contribution >= 0.6 is 0 Å². The van der Waals surface area contributed by atoms with Gasteiger partial charge in [-0.05, 0) is 24.9 Å². The van der Waals surface area contributed by atoms with E-state index < -0.39 is 12.2 Å². The molecule has 2 atom stereocenters. The molecule has 0 aliphatic carbocycles. The lowest BCUT2D eigenvalue weighted by Crippen LogP contribution is -2.19. The van der Waals surface area contributed by atoms with Crippen LogP contribution in [-0.4, -0.2) is 29.5 Å². The van der Waals surface area contributed by atoms with Crippen LogP contribution in [0.3, 0.4) is 0 Å². The molecule has 1 aromatic carbocycles. The van der Waals surface area contributed by atoms with Crippen LogP contribution in [-0.2, 0) is 0 Å². The molecule has 0 bridgehead atoms. The van der Waals surface area contributed by atoms with Crippen LogP contribution in [0.5, 0.6) is 5.75 Å². The Morgan fingerprint density at radius 3 is 2.78 bits per heavy atom. The number of hydrogen-bond donors (Lipinski definition) is 2. The van der Waals surface area contributed by atoms with Crippen LogP contribution in [0.25, 0.3) is 10.4 Å². The zero-order valence-electron chi connectivity index (χ0n) is 10.2. The highest BCUT2D eigenvalue weighted by Gasteiger charge is 2.20. The van der Waals surface area contributed by atoms with Crippen molar-refractivity contribution in [2.75, 3.05) is 13.2 Å². The van der Waals surface area contributed by atoms with Crippen molar-refractivity contribution in [1.29, 1.82) is 0 Å². The Hall–Kier alpha value is -1.75. The van der Waals surface area contributed by atoms with Crippen LogP contribution in [0.4, 0.5) is 0 Å². The third-order valence-corrected chi connectivity index (χ3v) is 2.49. The molecule has 6 nitrogen and oxygen atoms in total. The molecule has 0 aliphatic heterocycles. The molecule has 1 rings (SSSR count). The number of azide groups is 1. The second-order valence-electron chi connectivity index (χ2n) is 3.73. The Morgan fingerprint density at radius 2 is 2.11 bits per heavy atom. The maximum atomic E-state index is 10.0. The van der Waals surface area contributed by atoms with Gasteiger partial charge in [0.1, 0.15) is 11.9 Å². The molecule has 0 saturated carbocycles. The van der Waals surface area contributed by atoms with Gasteiger partial charge < -0.3 is 14.9 Å². The minimum absolute atomic E-state index is 0.144. The summed E-state index contributed by atoms with van der Waals surface area (Å²) >= 11 is 0. The van der Waals surface area contributed by atoms with Crippen molar-refractivity contribution in [3.63, 3.8) is 0 Å². The molecular weight excluding hydrogens is 234 g/mol. The van der Waals surface area contributed by atoms with E-state index in [0.29, 0.717) is 17.9 Å². The van der Waals surface area contributed by atoms with Crippen LogP contribution in [0.1, 0.15) is 25.0 Å². The average Bonchev–Trinajstić information content (AvgIpc) is 2.39. The Kier molecular flexibility index (Phi) is 6.00. The van der Waals surface area contributed by atoms with E-state index >= 15 is 0 Å². The molecular formula is C12H17N3O3. The first kappa shape index (κ1) is 14.3. The smallest absolute Gasteiger partial charge is 0.125 e. The van der Waals surface area contributed by atoms with Crippen molar-refractivity contribution in [3.05, 3.63) is 40.3 Å². The van der Waals surface area contributed by atoms with Gasteiger partial charge in [0.25, 0.3) is 0 Å². The molecule has 2 unspecified atom stereocenters. The first-order valence-electron chi connectivity index (χ1n) is 5.79. The normalized spacial score (nSPS) is 13.5. The summed E-state index contributed by atoms with van der Waals surface area (Å²) in [6.45, 7) is 2.48. The van der Waals surface area contributed by atoms with E-state index in [-0.39, 0.29) is 13.0 Å². The lowest BCUT2D eigenvalue weighted by atomic mass is 10.0. The van der Waals surface area contributed by atoms with Crippen molar-refractivity contribution in [2.45, 2.75) is 25.6 Å². The number of benzene rings is 1. The van der Waals surface area contributed by atoms with E-state index in [1.165, 1.54) is 0 Å². The van der Waals surface area contributed by atoms with E-state index in [2.05, 4.69) is 10.0 Å². The maximum absolute atomic E-state index is 10.0. The summed E-state index contributed by atoms with van der Waals surface area (Å²) < 4.78 is 5.38. The number of para-hydroxylation sites is 1. The van der Waals surface area contributed by atoms with Gasteiger partial charge in [-0.25, -0.2) is 0 Å². The van der Waals surface area contributed by atoms with Gasteiger partial charge in [-0.1, -0.05) is 23.3 Å². The lowest BCUT2D eigenvalue weighted by molar-refractivity contribution is 0.0134. The van der Waals surface area contributed by atoms with E-state index in [1.807, 2.05) is 6.92 Å². The predicted octanol–water partition coefficient (Wildman–Crippen LogP) is 2.18. The number of rotatable bonds is 7. The van der Waals surface area contributed by atoms with Gasteiger partial charge in [-0.2, -0.15) is 0 Å². The van der Waals surface area contributed by atoms with Crippen molar-refractivity contribution >= 4 is 0 Å². The predicted molar refractivity (Wildman–Crippen MR) is 67.2 cm³/mol. The van der Waals surface area contributed by atoms with Gasteiger partial charge >= 0.3 is 0 Å². The number of ether oxygens (including phenoxy) is 1. The number of aliphatic hydroxyl groups is 2. The molecule has 0 amide bonds. The number of nitrogens with zero attached hydrogens (tertiary/aromatic N) is 3. The van der Waals surface area contributed by atoms with Crippen LogP contribution in [0.2, 0.25) is 0 Å². The molecule has 0 heterocycles. The van der Waals surface area contributed by atoms with Crippen molar-refractivity contribution in [2.24, 2.45) is 5.11 Å². The molecule has 0 spiro atoms. The maximum Gasteiger partial charge on any atom is 0.125 e. The van der Waals surface area contributed by atoms with Crippen LogP contribution in [0.15, 0.2) is 29.4 Å². The molecule has 0 fully saturated rings. The summed E-state index contributed by atoms with van der Waals surface area (Å²) in [5, 5.41) is 23.2. The third-order valence-electron chi connectivity index (χ3n) is 2.49. The Bertz CT molecular complexity index is 419. The summed E-state index contributed by atoms with van der Waals surface area (Å²) in [4.78, 5) is 2.59. The fourth-order valence-corrected chi connectivity index (χ4v) is 1.61. The second kappa shape index (κ2) is 7.55. The topological polar surface area (TPSA) is 98.5 Å². The lowest BCUT2D eigenvalue weighted by Gasteiger charge is -2.20. The van der Waals surface area contributed by atoms with E-state index in [4.69, 9.17) is 10.3 Å².